The van der Waals surface area contributed by atoms with Gasteiger partial charge in [0, 0.05) is 0 Å². The van der Waals surface area contributed by atoms with Crippen LogP contribution < -0.4 is 0 Å². The highest BCUT2D eigenvalue weighted by Crippen LogP contribution is 2.31. The molecule has 0 fully saturated rings. The van der Waals surface area contributed by atoms with Crippen LogP contribution in [-0.4, -0.2) is 10.2 Å². The summed E-state index contributed by atoms with van der Waals surface area (Å²) < 4.78 is 0.447. The largest absolute Gasteiger partial charge is 0.504 e. The number of phenolic OH excluding ortho intramolecular Hbond substituents is 2. The van der Waals surface area contributed by atoms with Gasteiger partial charge in [0.05, 0.1) is 4.47 Å². The van der Waals surface area contributed by atoms with Gasteiger partial charge in [0.25, 0.3) is 0 Å². The SMILES string of the molecule is Oc1c[c]cc(Br)c1O. The van der Waals surface area contributed by atoms with E-state index in [1.54, 1.807) is 0 Å². The van der Waals surface area contributed by atoms with E-state index in [4.69, 9.17) is 10.2 Å². The van der Waals surface area contributed by atoms with Gasteiger partial charge in [0.2, 0.25) is 0 Å². The molecule has 0 heterocycles. The van der Waals surface area contributed by atoms with Gasteiger partial charge in [-0.3, -0.25) is 0 Å². The van der Waals surface area contributed by atoms with E-state index in [9.17, 15) is 0 Å². The first kappa shape index (κ1) is 6.42. The maximum absolute atomic E-state index is 8.89. The van der Waals surface area contributed by atoms with Crippen molar-refractivity contribution >= 4 is 15.9 Å². The van der Waals surface area contributed by atoms with Gasteiger partial charge in [-0.25, -0.2) is 0 Å². The molecule has 1 aromatic rings. The van der Waals surface area contributed by atoms with E-state index in [0.717, 1.165) is 0 Å². The Morgan fingerprint density at radius 2 is 2.00 bits per heavy atom. The van der Waals surface area contributed by atoms with E-state index in [-0.39, 0.29) is 11.5 Å². The van der Waals surface area contributed by atoms with Crippen molar-refractivity contribution in [1.29, 1.82) is 0 Å². The summed E-state index contributed by atoms with van der Waals surface area (Å²) in [4.78, 5) is 0. The minimum absolute atomic E-state index is 0.145. The third kappa shape index (κ3) is 1.16. The zero-order valence-corrected chi connectivity index (χ0v) is 6.01. The zero-order valence-electron chi connectivity index (χ0n) is 4.43. The van der Waals surface area contributed by atoms with E-state index in [1.807, 2.05) is 0 Å². The standard InChI is InChI=1S/C6H4BrO2/c7-4-2-1-3-5(8)6(4)9/h2-3,8-9H. The highest BCUT2D eigenvalue weighted by atomic mass is 79.9. The molecular weight excluding hydrogens is 184 g/mol. The van der Waals surface area contributed by atoms with E-state index in [1.165, 1.54) is 12.1 Å². The molecule has 2 N–H and O–H groups in total. The number of hydrogen-bond donors (Lipinski definition) is 2. The fourth-order valence-electron chi connectivity index (χ4n) is 0.453. The summed E-state index contributed by atoms with van der Waals surface area (Å²) >= 11 is 3.00. The minimum Gasteiger partial charge on any atom is -0.504 e. The molecule has 3 heteroatoms. The van der Waals surface area contributed by atoms with Crippen LogP contribution in [-0.2, 0) is 0 Å². The number of rotatable bonds is 0. The highest BCUT2D eigenvalue weighted by molar-refractivity contribution is 9.10. The van der Waals surface area contributed by atoms with Crippen LogP contribution in [0.25, 0.3) is 0 Å². The van der Waals surface area contributed by atoms with Crippen LogP contribution >= 0.6 is 15.9 Å². The normalized spacial score (nSPS) is 9.44. The van der Waals surface area contributed by atoms with Crippen molar-refractivity contribution in [3.63, 3.8) is 0 Å². The maximum atomic E-state index is 8.89. The predicted molar refractivity (Wildman–Crippen MR) is 36.3 cm³/mol. The van der Waals surface area contributed by atoms with Crippen molar-refractivity contribution in [2.45, 2.75) is 0 Å². The van der Waals surface area contributed by atoms with Gasteiger partial charge in [-0.2, -0.15) is 0 Å². The predicted octanol–water partition coefficient (Wildman–Crippen LogP) is 1.66. The van der Waals surface area contributed by atoms with Gasteiger partial charge in [0.1, 0.15) is 0 Å². The average molecular weight is 188 g/mol. The summed E-state index contributed by atoms with van der Waals surface area (Å²) in [5.41, 5.74) is 0. The van der Waals surface area contributed by atoms with Gasteiger partial charge in [-0.1, -0.05) is 0 Å². The van der Waals surface area contributed by atoms with E-state index in [2.05, 4.69) is 22.0 Å². The molecule has 0 unspecified atom stereocenters. The summed E-state index contributed by atoms with van der Waals surface area (Å²) in [6, 6.07) is 5.43. The van der Waals surface area contributed by atoms with Gasteiger partial charge in [-0.15, -0.1) is 0 Å². The molecule has 0 amide bonds. The summed E-state index contributed by atoms with van der Waals surface area (Å²) in [7, 11) is 0. The quantitative estimate of drug-likeness (QED) is 0.607. The highest BCUT2D eigenvalue weighted by Gasteiger charge is 2.00. The molecule has 1 radical (unpaired) electrons. The average Bonchev–Trinajstić information content (AvgIpc) is 1.83. The Morgan fingerprint density at radius 3 is 2.44 bits per heavy atom. The fourth-order valence-corrected chi connectivity index (χ4v) is 0.788. The molecule has 9 heavy (non-hydrogen) atoms. The molecule has 0 aliphatic carbocycles. The molecule has 2 nitrogen and oxygen atoms in total. The number of hydrogen-bond acceptors (Lipinski definition) is 2. The topological polar surface area (TPSA) is 40.5 Å². The summed E-state index contributed by atoms with van der Waals surface area (Å²) in [6.07, 6.45) is 0. The summed E-state index contributed by atoms with van der Waals surface area (Å²) in [5.74, 6) is -0.307. The molecule has 0 aromatic heterocycles. The summed E-state index contributed by atoms with van der Waals surface area (Å²) in [5, 5.41) is 17.7. The first-order chi connectivity index (χ1) is 4.22. The van der Waals surface area contributed by atoms with Crippen LogP contribution in [0.5, 0.6) is 11.5 Å². The second-order valence-electron chi connectivity index (χ2n) is 1.54. The first-order valence-corrected chi connectivity index (χ1v) is 3.08. The van der Waals surface area contributed by atoms with Crippen molar-refractivity contribution in [1.82, 2.24) is 0 Å². The molecule has 0 aliphatic heterocycles. The Labute approximate surface area is 60.9 Å². The van der Waals surface area contributed by atoms with Gasteiger partial charge in [0.15, 0.2) is 11.5 Å². The van der Waals surface area contributed by atoms with Crippen molar-refractivity contribution in [3.05, 3.63) is 22.7 Å². The Morgan fingerprint density at radius 1 is 1.33 bits per heavy atom. The molecule has 1 aromatic carbocycles. The van der Waals surface area contributed by atoms with Crippen LogP contribution in [0.15, 0.2) is 16.6 Å². The number of aromatic hydroxyl groups is 2. The first-order valence-electron chi connectivity index (χ1n) is 2.29. The second kappa shape index (κ2) is 2.27. The lowest BCUT2D eigenvalue weighted by Crippen LogP contribution is -1.68. The Kier molecular flexibility index (Phi) is 1.62. The van der Waals surface area contributed by atoms with E-state index >= 15 is 0 Å². The third-order valence-corrected chi connectivity index (χ3v) is 1.50. The van der Waals surface area contributed by atoms with E-state index < -0.39 is 0 Å². The second-order valence-corrected chi connectivity index (χ2v) is 2.39. The minimum atomic E-state index is -0.163. The van der Waals surface area contributed by atoms with Crippen molar-refractivity contribution in [2.24, 2.45) is 0 Å². The Bertz CT molecular complexity index is 202. The number of halogens is 1. The fraction of sp³-hybridized carbons (Fsp3) is 0. The molecule has 1 rings (SSSR count). The lowest BCUT2D eigenvalue weighted by Gasteiger charge is -1.96. The van der Waals surface area contributed by atoms with Crippen LogP contribution in [0.4, 0.5) is 0 Å². The van der Waals surface area contributed by atoms with E-state index in [0.29, 0.717) is 4.47 Å². The molecule has 0 aliphatic rings. The monoisotopic (exact) mass is 187 g/mol. The lowest BCUT2D eigenvalue weighted by atomic mass is 10.3. The van der Waals surface area contributed by atoms with Crippen molar-refractivity contribution < 1.29 is 10.2 Å². The molecule has 0 saturated carbocycles. The number of benzene rings is 1. The molecule has 0 saturated heterocycles. The van der Waals surface area contributed by atoms with Crippen molar-refractivity contribution in [3.8, 4) is 11.5 Å². The molecule has 0 atom stereocenters. The van der Waals surface area contributed by atoms with Gasteiger partial charge in [-0.05, 0) is 34.1 Å². The van der Waals surface area contributed by atoms with Crippen molar-refractivity contribution in [2.75, 3.05) is 0 Å². The van der Waals surface area contributed by atoms with Crippen LogP contribution in [0.2, 0.25) is 0 Å². The third-order valence-electron chi connectivity index (χ3n) is 0.899. The smallest absolute Gasteiger partial charge is 0.171 e. The van der Waals surface area contributed by atoms with Gasteiger partial charge >= 0.3 is 0 Å². The Balaban J connectivity index is 3.25. The maximum Gasteiger partial charge on any atom is 0.171 e. The lowest BCUT2D eigenvalue weighted by molar-refractivity contribution is 0.401. The van der Waals surface area contributed by atoms with Gasteiger partial charge < -0.3 is 10.2 Å². The molecule has 0 bridgehead atoms. The van der Waals surface area contributed by atoms with Crippen LogP contribution in [0.3, 0.4) is 0 Å². The molecular formula is C6H4BrO2. The number of phenols is 2. The zero-order chi connectivity index (χ0) is 6.85. The summed E-state index contributed by atoms with van der Waals surface area (Å²) in [6.45, 7) is 0. The van der Waals surface area contributed by atoms with Crippen LogP contribution in [0.1, 0.15) is 0 Å². The molecule has 0 spiro atoms. The molecule has 47 valence electrons. The Hall–Kier alpha value is -0.700. The van der Waals surface area contributed by atoms with Crippen LogP contribution in [0, 0.1) is 6.07 Å².